The van der Waals surface area contributed by atoms with Gasteiger partial charge in [-0.1, -0.05) is 6.92 Å². The number of piperazine rings is 1. The van der Waals surface area contributed by atoms with Crippen LogP contribution in [0.2, 0.25) is 0 Å². The first-order valence-corrected chi connectivity index (χ1v) is 5.50. The molecule has 80 valence electrons. The standard InChI is InChI=1S/C11H21N3/c1-4-7-14-8-10(2)13(3)11(9-14)5-6-12/h10-11H,4-5,7-9H2,1-3H3. The van der Waals surface area contributed by atoms with Gasteiger partial charge in [-0.3, -0.25) is 4.90 Å². The lowest BCUT2D eigenvalue weighted by molar-refractivity contribution is 0.0537. The van der Waals surface area contributed by atoms with Gasteiger partial charge >= 0.3 is 0 Å². The molecule has 0 N–H and O–H groups in total. The molecule has 0 aliphatic carbocycles. The van der Waals surface area contributed by atoms with Crippen molar-refractivity contribution in [2.45, 2.75) is 38.8 Å². The highest BCUT2D eigenvalue weighted by Crippen LogP contribution is 2.15. The summed E-state index contributed by atoms with van der Waals surface area (Å²) in [4.78, 5) is 4.82. The minimum atomic E-state index is 0.426. The topological polar surface area (TPSA) is 30.3 Å². The molecule has 3 heteroatoms. The first kappa shape index (κ1) is 11.5. The predicted molar refractivity (Wildman–Crippen MR) is 58.0 cm³/mol. The molecular formula is C11H21N3. The Bertz CT molecular complexity index is 209. The van der Waals surface area contributed by atoms with E-state index in [4.69, 9.17) is 5.26 Å². The van der Waals surface area contributed by atoms with Crippen molar-refractivity contribution in [1.82, 2.24) is 9.80 Å². The van der Waals surface area contributed by atoms with Crippen LogP contribution in [0, 0.1) is 11.3 Å². The van der Waals surface area contributed by atoms with Crippen LogP contribution >= 0.6 is 0 Å². The van der Waals surface area contributed by atoms with E-state index in [-0.39, 0.29) is 0 Å². The van der Waals surface area contributed by atoms with Gasteiger partial charge in [0.15, 0.2) is 0 Å². The van der Waals surface area contributed by atoms with Crippen molar-refractivity contribution in [3.63, 3.8) is 0 Å². The van der Waals surface area contributed by atoms with Gasteiger partial charge in [-0.15, -0.1) is 0 Å². The molecule has 1 fully saturated rings. The molecule has 0 aromatic heterocycles. The smallest absolute Gasteiger partial charge is 0.0638 e. The summed E-state index contributed by atoms with van der Waals surface area (Å²) < 4.78 is 0. The van der Waals surface area contributed by atoms with Crippen molar-refractivity contribution >= 4 is 0 Å². The monoisotopic (exact) mass is 195 g/mol. The van der Waals surface area contributed by atoms with E-state index < -0.39 is 0 Å². The second-order valence-electron chi connectivity index (χ2n) is 4.29. The molecule has 0 bridgehead atoms. The molecule has 3 nitrogen and oxygen atoms in total. The maximum absolute atomic E-state index is 8.74. The summed E-state index contributed by atoms with van der Waals surface area (Å²) in [5, 5.41) is 8.74. The van der Waals surface area contributed by atoms with Gasteiger partial charge in [0, 0.05) is 25.2 Å². The second kappa shape index (κ2) is 5.33. The summed E-state index contributed by atoms with van der Waals surface area (Å²) >= 11 is 0. The Balaban J connectivity index is 2.53. The average Bonchev–Trinajstić information content (AvgIpc) is 2.14. The molecule has 1 saturated heterocycles. The fraction of sp³-hybridized carbons (Fsp3) is 0.909. The van der Waals surface area contributed by atoms with E-state index >= 15 is 0 Å². The van der Waals surface area contributed by atoms with Crippen molar-refractivity contribution in [2.24, 2.45) is 0 Å². The van der Waals surface area contributed by atoms with Crippen LogP contribution in [0.15, 0.2) is 0 Å². The molecule has 14 heavy (non-hydrogen) atoms. The zero-order chi connectivity index (χ0) is 10.6. The van der Waals surface area contributed by atoms with Crippen LogP contribution in [0.4, 0.5) is 0 Å². The lowest BCUT2D eigenvalue weighted by Crippen LogP contribution is -2.55. The highest BCUT2D eigenvalue weighted by Gasteiger charge is 2.28. The SMILES string of the molecule is CCCN1CC(C)N(C)C(CC#N)C1. The minimum Gasteiger partial charge on any atom is -0.300 e. The summed E-state index contributed by atoms with van der Waals surface area (Å²) in [6.07, 6.45) is 1.86. The molecule has 0 amide bonds. The van der Waals surface area contributed by atoms with Gasteiger partial charge in [0.1, 0.15) is 0 Å². The van der Waals surface area contributed by atoms with Crippen molar-refractivity contribution < 1.29 is 0 Å². The van der Waals surface area contributed by atoms with E-state index in [9.17, 15) is 0 Å². The molecule has 2 unspecified atom stereocenters. The van der Waals surface area contributed by atoms with E-state index in [1.54, 1.807) is 0 Å². The van der Waals surface area contributed by atoms with Gasteiger partial charge in [0.2, 0.25) is 0 Å². The molecule has 0 aromatic rings. The van der Waals surface area contributed by atoms with Gasteiger partial charge in [0.05, 0.1) is 12.5 Å². The third-order valence-corrected chi connectivity index (χ3v) is 3.13. The molecular weight excluding hydrogens is 174 g/mol. The van der Waals surface area contributed by atoms with Gasteiger partial charge in [0.25, 0.3) is 0 Å². The Hall–Kier alpha value is -0.590. The average molecular weight is 195 g/mol. The van der Waals surface area contributed by atoms with Crippen molar-refractivity contribution in [2.75, 3.05) is 26.7 Å². The number of nitriles is 1. The predicted octanol–water partition coefficient (Wildman–Crippen LogP) is 1.31. The minimum absolute atomic E-state index is 0.426. The molecule has 1 heterocycles. The van der Waals surface area contributed by atoms with Crippen molar-refractivity contribution in [1.29, 1.82) is 5.26 Å². The highest BCUT2D eigenvalue weighted by atomic mass is 15.3. The fourth-order valence-electron chi connectivity index (χ4n) is 2.18. The van der Waals surface area contributed by atoms with Crippen molar-refractivity contribution in [3.8, 4) is 6.07 Å². The third kappa shape index (κ3) is 2.70. The summed E-state index contributed by atoms with van der Waals surface area (Å²) in [6, 6.07) is 3.29. The zero-order valence-electron chi connectivity index (χ0n) is 9.53. The Morgan fingerprint density at radius 1 is 1.43 bits per heavy atom. The van der Waals surface area contributed by atoms with Crippen LogP contribution in [0.1, 0.15) is 26.7 Å². The van der Waals surface area contributed by atoms with E-state index in [2.05, 4.69) is 36.8 Å². The first-order valence-electron chi connectivity index (χ1n) is 5.50. The van der Waals surface area contributed by atoms with Crippen molar-refractivity contribution in [3.05, 3.63) is 0 Å². The molecule has 1 aliphatic heterocycles. The van der Waals surface area contributed by atoms with Crippen LogP contribution in [0.25, 0.3) is 0 Å². The summed E-state index contributed by atoms with van der Waals surface area (Å²) in [5.74, 6) is 0. The molecule has 2 atom stereocenters. The summed E-state index contributed by atoms with van der Waals surface area (Å²) in [6.45, 7) is 7.82. The number of likely N-dealkylation sites (N-methyl/N-ethyl adjacent to an activating group) is 1. The second-order valence-corrected chi connectivity index (χ2v) is 4.29. The molecule has 0 radical (unpaired) electrons. The Kier molecular flexibility index (Phi) is 4.37. The van der Waals surface area contributed by atoms with E-state index in [1.165, 1.54) is 13.0 Å². The van der Waals surface area contributed by atoms with Gasteiger partial charge in [-0.05, 0) is 26.9 Å². The number of rotatable bonds is 3. The molecule has 1 rings (SSSR count). The zero-order valence-corrected chi connectivity index (χ0v) is 9.53. The van der Waals surface area contributed by atoms with Gasteiger partial charge in [-0.2, -0.15) is 5.26 Å². The molecule has 0 spiro atoms. The Morgan fingerprint density at radius 3 is 2.71 bits per heavy atom. The molecule has 0 saturated carbocycles. The highest BCUT2D eigenvalue weighted by molar-refractivity contribution is 4.90. The van der Waals surface area contributed by atoms with Gasteiger partial charge in [-0.25, -0.2) is 0 Å². The van der Waals surface area contributed by atoms with E-state index in [0.717, 1.165) is 13.1 Å². The Labute approximate surface area is 87.3 Å². The third-order valence-electron chi connectivity index (χ3n) is 3.13. The Morgan fingerprint density at radius 2 is 2.14 bits per heavy atom. The van der Waals surface area contributed by atoms with Crippen LogP contribution in [0.3, 0.4) is 0 Å². The van der Waals surface area contributed by atoms with E-state index in [1.807, 2.05) is 0 Å². The number of hydrogen-bond acceptors (Lipinski definition) is 3. The first-order chi connectivity index (χ1) is 6.69. The number of nitrogens with zero attached hydrogens (tertiary/aromatic N) is 3. The quantitative estimate of drug-likeness (QED) is 0.680. The largest absolute Gasteiger partial charge is 0.300 e. The summed E-state index contributed by atoms with van der Waals surface area (Å²) in [7, 11) is 2.13. The molecule has 0 aromatic carbocycles. The van der Waals surface area contributed by atoms with Crippen LogP contribution < -0.4 is 0 Å². The maximum Gasteiger partial charge on any atom is 0.0638 e. The molecule has 1 aliphatic rings. The lowest BCUT2D eigenvalue weighted by atomic mass is 10.1. The summed E-state index contributed by atoms with van der Waals surface area (Å²) in [5.41, 5.74) is 0. The fourth-order valence-corrected chi connectivity index (χ4v) is 2.18. The maximum atomic E-state index is 8.74. The van der Waals surface area contributed by atoms with Gasteiger partial charge < -0.3 is 4.90 Å². The lowest BCUT2D eigenvalue weighted by Gasteiger charge is -2.43. The number of hydrogen-bond donors (Lipinski definition) is 0. The normalized spacial score (nSPS) is 30.1. The van der Waals surface area contributed by atoms with Crippen LogP contribution in [0.5, 0.6) is 0 Å². The van der Waals surface area contributed by atoms with Crippen LogP contribution in [-0.2, 0) is 0 Å². The van der Waals surface area contributed by atoms with E-state index in [0.29, 0.717) is 18.5 Å². The van der Waals surface area contributed by atoms with Crippen LogP contribution in [-0.4, -0.2) is 48.6 Å².